The lowest BCUT2D eigenvalue weighted by Gasteiger charge is -2.27. The third-order valence-corrected chi connectivity index (χ3v) is 3.87. The van der Waals surface area contributed by atoms with Gasteiger partial charge in [0.2, 0.25) is 0 Å². The van der Waals surface area contributed by atoms with E-state index in [2.05, 4.69) is 0 Å². The third-order valence-electron chi connectivity index (χ3n) is 3.87. The van der Waals surface area contributed by atoms with Crippen LogP contribution in [0.2, 0.25) is 0 Å². The average Bonchev–Trinajstić information content (AvgIpc) is 2.69. The number of Topliss-reactive ketones (excluding diaryl/α,β-unsaturated/α-hetero) is 1. The van der Waals surface area contributed by atoms with Crippen LogP contribution in [0.1, 0.15) is 51.4 Å². The molecule has 0 amide bonds. The highest BCUT2D eigenvalue weighted by atomic mass is 16.1. The van der Waals surface area contributed by atoms with Gasteiger partial charge in [-0.1, -0.05) is 19.3 Å². The van der Waals surface area contributed by atoms with Crippen LogP contribution in [-0.2, 0) is 4.79 Å². The first kappa shape index (κ1) is 10.2. The number of carbonyl (C=O) groups is 1. The van der Waals surface area contributed by atoms with Crippen LogP contribution in [0.5, 0.6) is 0 Å². The minimum atomic E-state index is 0.291. The van der Waals surface area contributed by atoms with E-state index in [0.29, 0.717) is 23.7 Å². The Kier molecular flexibility index (Phi) is 3.22. The van der Waals surface area contributed by atoms with Crippen molar-refractivity contribution in [1.82, 2.24) is 0 Å². The molecule has 0 aromatic carbocycles. The zero-order chi connectivity index (χ0) is 9.97. The van der Waals surface area contributed by atoms with Gasteiger partial charge in [0.25, 0.3) is 0 Å². The molecule has 2 saturated carbocycles. The summed E-state index contributed by atoms with van der Waals surface area (Å²) < 4.78 is 0. The molecule has 2 nitrogen and oxygen atoms in total. The Morgan fingerprint density at radius 3 is 2.21 bits per heavy atom. The average molecular weight is 195 g/mol. The normalized spacial score (nSPS) is 34.6. The highest BCUT2D eigenvalue weighted by molar-refractivity contribution is 5.83. The predicted molar refractivity (Wildman–Crippen MR) is 56.9 cm³/mol. The lowest BCUT2D eigenvalue weighted by Crippen LogP contribution is -2.33. The number of nitrogens with two attached hydrogens (primary N) is 1. The second-order valence-corrected chi connectivity index (χ2v) is 5.01. The zero-order valence-electron chi connectivity index (χ0n) is 8.87. The second kappa shape index (κ2) is 4.43. The van der Waals surface area contributed by atoms with Gasteiger partial charge < -0.3 is 5.73 Å². The Morgan fingerprint density at radius 2 is 1.57 bits per heavy atom. The summed E-state index contributed by atoms with van der Waals surface area (Å²) in [5.74, 6) is 1.24. The summed E-state index contributed by atoms with van der Waals surface area (Å²) in [6.45, 7) is 0. The molecule has 14 heavy (non-hydrogen) atoms. The van der Waals surface area contributed by atoms with Gasteiger partial charge in [0.1, 0.15) is 5.78 Å². The Morgan fingerprint density at radius 1 is 0.929 bits per heavy atom. The fraction of sp³-hybridized carbons (Fsp3) is 0.917. The molecule has 0 aromatic heterocycles. The predicted octanol–water partition coefficient (Wildman–Crippen LogP) is 2.26. The van der Waals surface area contributed by atoms with Crippen molar-refractivity contribution in [2.45, 2.75) is 57.4 Å². The fourth-order valence-electron chi connectivity index (χ4n) is 3.03. The molecule has 2 atom stereocenters. The summed E-state index contributed by atoms with van der Waals surface area (Å²) in [4.78, 5) is 12.1. The van der Waals surface area contributed by atoms with E-state index in [4.69, 9.17) is 5.73 Å². The van der Waals surface area contributed by atoms with E-state index in [1.807, 2.05) is 0 Å². The van der Waals surface area contributed by atoms with E-state index in [9.17, 15) is 4.79 Å². The van der Waals surface area contributed by atoms with Gasteiger partial charge in [0, 0.05) is 17.9 Å². The number of hydrogen-bond donors (Lipinski definition) is 1. The Balaban J connectivity index is 1.89. The summed E-state index contributed by atoms with van der Waals surface area (Å²) in [5, 5.41) is 0. The topological polar surface area (TPSA) is 43.1 Å². The molecular formula is C12H21NO. The summed E-state index contributed by atoms with van der Waals surface area (Å²) in [7, 11) is 0. The van der Waals surface area contributed by atoms with Crippen LogP contribution in [0.15, 0.2) is 0 Å². The molecule has 2 aliphatic carbocycles. The van der Waals surface area contributed by atoms with Gasteiger partial charge >= 0.3 is 0 Å². The first-order valence-electron chi connectivity index (χ1n) is 6.06. The van der Waals surface area contributed by atoms with Crippen molar-refractivity contribution >= 4 is 5.78 Å². The summed E-state index contributed by atoms with van der Waals surface area (Å²) in [6, 6.07) is 0.291. The standard InChI is InChI=1S/C12H21NO/c13-11-7-3-6-10(8-11)12(14)9-4-1-2-5-9/h9-11H,1-8,13H2. The van der Waals surface area contributed by atoms with Crippen LogP contribution in [0, 0.1) is 11.8 Å². The highest BCUT2D eigenvalue weighted by Crippen LogP contribution is 2.33. The molecule has 2 rings (SSSR count). The maximum Gasteiger partial charge on any atom is 0.139 e. The van der Waals surface area contributed by atoms with E-state index >= 15 is 0 Å². The van der Waals surface area contributed by atoms with Crippen molar-refractivity contribution in [3.8, 4) is 0 Å². The first-order chi connectivity index (χ1) is 6.77. The van der Waals surface area contributed by atoms with Gasteiger partial charge in [-0.25, -0.2) is 0 Å². The van der Waals surface area contributed by atoms with Gasteiger partial charge in [-0.3, -0.25) is 4.79 Å². The number of hydrogen-bond acceptors (Lipinski definition) is 2. The van der Waals surface area contributed by atoms with Crippen LogP contribution in [-0.4, -0.2) is 11.8 Å². The second-order valence-electron chi connectivity index (χ2n) is 5.01. The van der Waals surface area contributed by atoms with Crippen LogP contribution in [0.25, 0.3) is 0 Å². The zero-order valence-corrected chi connectivity index (χ0v) is 8.87. The van der Waals surface area contributed by atoms with Crippen molar-refractivity contribution in [2.75, 3.05) is 0 Å². The molecule has 2 fully saturated rings. The number of carbonyl (C=O) groups excluding carboxylic acids is 1. The number of ketones is 1. The monoisotopic (exact) mass is 195 g/mol. The maximum absolute atomic E-state index is 12.1. The SMILES string of the molecule is NC1CCCC(C(=O)C2CCCC2)C1. The van der Waals surface area contributed by atoms with Gasteiger partial charge in [0.05, 0.1) is 0 Å². The lowest BCUT2D eigenvalue weighted by atomic mass is 9.79. The first-order valence-corrected chi connectivity index (χ1v) is 6.06. The van der Waals surface area contributed by atoms with Crippen molar-refractivity contribution in [3.63, 3.8) is 0 Å². The van der Waals surface area contributed by atoms with E-state index in [1.165, 1.54) is 12.8 Å². The van der Waals surface area contributed by atoms with Crippen molar-refractivity contribution in [2.24, 2.45) is 17.6 Å². The Hall–Kier alpha value is -0.370. The van der Waals surface area contributed by atoms with Gasteiger partial charge in [0.15, 0.2) is 0 Å². The minimum Gasteiger partial charge on any atom is -0.328 e. The lowest BCUT2D eigenvalue weighted by molar-refractivity contribution is -0.127. The van der Waals surface area contributed by atoms with Gasteiger partial charge in [-0.05, 0) is 32.1 Å². The van der Waals surface area contributed by atoms with E-state index in [-0.39, 0.29) is 0 Å². The molecular weight excluding hydrogens is 174 g/mol. The maximum atomic E-state index is 12.1. The molecule has 0 saturated heterocycles. The molecule has 0 aromatic rings. The molecule has 0 radical (unpaired) electrons. The molecule has 2 unspecified atom stereocenters. The van der Waals surface area contributed by atoms with E-state index < -0.39 is 0 Å². The molecule has 0 bridgehead atoms. The number of rotatable bonds is 2. The van der Waals surface area contributed by atoms with Crippen molar-refractivity contribution < 1.29 is 4.79 Å². The Labute approximate surface area is 86.2 Å². The van der Waals surface area contributed by atoms with E-state index in [1.54, 1.807) is 0 Å². The van der Waals surface area contributed by atoms with Crippen LogP contribution in [0.4, 0.5) is 0 Å². The fourth-order valence-corrected chi connectivity index (χ4v) is 3.03. The van der Waals surface area contributed by atoms with Gasteiger partial charge in [-0.15, -0.1) is 0 Å². The third kappa shape index (κ3) is 2.17. The minimum absolute atomic E-state index is 0.291. The quantitative estimate of drug-likeness (QED) is 0.734. The molecule has 2 N–H and O–H groups in total. The summed E-state index contributed by atoms with van der Waals surface area (Å²) in [5.41, 5.74) is 5.91. The van der Waals surface area contributed by atoms with Crippen LogP contribution < -0.4 is 5.73 Å². The summed E-state index contributed by atoms with van der Waals surface area (Å²) in [6.07, 6.45) is 9.14. The van der Waals surface area contributed by atoms with E-state index in [0.717, 1.165) is 38.5 Å². The van der Waals surface area contributed by atoms with Crippen molar-refractivity contribution in [3.05, 3.63) is 0 Å². The smallest absolute Gasteiger partial charge is 0.139 e. The van der Waals surface area contributed by atoms with Crippen LogP contribution in [0.3, 0.4) is 0 Å². The molecule has 0 heterocycles. The van der Waals surface area contributed by atoms with Crippen LogP contribution >= 0.6 is 0 Å². The Bertz CT molecular complexity index is 208. The molecule has 0 aliphatic heterocycles. The highest BCUT2D eigenvalue weighted by Gasteiger charge is 2.31. The molecule has 2 heteroatoms. The summed E-state index contributed by atoms with van der Waals surface area (Å²) >= 11 is 0. The largest absolute Gasteiger partial charge is 0.328 e. The molecule has 80 valence electrons. The van der Waals surface area contributed by atoms with Crippen molar-refractivity contribution in [1.29, 1.82) is 0 Å². The molecule has 0 spiro atoms. The molecule has 2 aliphatic rings. The van der Waals surface area contributed by atoms with Gasteiger partial charge in [-0.2, -0.15) is 0 Å².